The highest BCUT2D eigenvalue weighted by Crippen LogP contribution is 2.27. The quantitative estimate of drug-likeness (QED) is 0.649. The van der Waals surface area contributed by atoms with Crippen molar-refractivity contribution in [3.05, 3.63) is 28.2 Å². The molecule has 8 heteroatoms. The van der Waals surface area contributed by atoms with E-state index in [4.69, 9.17) is 4.74 Å². The minimum atomic E-state index is -0.506. The summed E-state index contributed by atoms with van der Waals surface area (Å²) in [5.74, 6) is 0.433. The molecule has 0 aliphatic carbocycles. The lowest BCUT2D eigenvalue weighted by Gasteiger charge is -2.31. The molecule has 8 nitrogen and oxygen atoms in total. The van der Waals surface area contributed by atoms with Gasteiger partial charge in [-0.3, -0.25) is 4.79 Å². The fraction of sp³-hybridized carbons (Fsp3) is 0.722. The van der Waals surface area contributed by atoms with Crippen LogP contribution in [0.15, 0.2) is 16.9 Å². The Morgan fingerprint density at radius 3 is 2.65 bits per heavy atom. The third-order valence-electron chi connectivity index (χ3n) is 4.31. The number of hydrogen-bond acceptors (Lipinski definition) is 6. The summed E-state index contributed by atoms with van der Waals surface area (Å²) in [4.78, 5) is 23.4. The summed E-state index contributed by atoms with van der Waals surface area (Å²) in [6, 6.07) is 3.39. The number of alkyl carbamates (subject to hydrolysis) is 1. The zero-order valence-corrected chi connectivity index (χ0v) is 16.2. The Bertz CT molecular complexity index is 647. The molecule has 0 spiro atoms. The SMILES string of the molecule is Cn1nc(C(NCCNC(=O)OC(C)(C)C)C2CCNCC2)ccc1=O. The number of aromatic nitrogens is 2. The number of rotatable bonds is 6. The van der Waals surface area contributed by atoms with E-state index in [1.165, 1.54) is 4.68 Å². The fourth-order valence-corrected chi connectivity index (χ4v) is 3.08. The molecule has 2 heterocycles. The molecule has 26 heavy (non-hydrogen) atoms. The van der Waals surface area contributed by atoms with E-state index >= 15 is 0 Å². The van der Waals surface area contributed by atoms with E-state index in [0.29, 0.717) is 19.0 Å². The summed E-state index contributed by atoms with van der Waals surface area (Å²) in [6.45, 7) is 8.52. The molecular formula is C18H31N5O3. The first kappa shape index (κ1) is 20.4. The molecule has 1 fully saturated rings. The van der Waals surface area contributed by atoms with Crippen LogP contribution < -0.4 is 21.5 Å². The number of hydrogen-bond donors (Lipinski definition) is 3. The van der Waals surface area contributed by atoms with Crippen LogP contribution in [0, 0.1) is 5.92 Å². The van der Waals surface area contributed by atoms with Crippen molar-refractivity contribution in [2.75, 3.05) is 26.2 Å². The zero-order chi connectivity index (χ0) is 19.2. The maximum Gasteiger partial charge on any atom is 0.407 e. The van der Waals surface area contributed by atoms with Gasteiger partial charge < -0.3 is 20.7 Å². The first-order valence-corrected chi connectivity index (χ1v) is 9.21. The van der Waals surface area contributed by atoms with Gasteiger partial charge in [0.25, 0.3) is 5.56 Å². The van der Waals surface area contributed by atoms with Gasteiger partial charge in [0, 0.05) is 26.2 Å². The molecule has 0 saturated carbocycles. The van der Waals surface area contributed by atoms with E-state index < -0.39 is 11.7 Å². The van der Waals surface area contributed by atoms with Gasteiger partial charge >= 0.3 is 6.09 Å². The van der Waals surface area contributed by atoms with Crippen molar-refractivity contribution in [1.29, 1.82) is 0 Å². The summed E-state index contributed by atoms with van der Waals surface area (Å²) < 4.78 is 6.60. The van der Waals surface area contributed by atoms with Gasteiger partial charge in [0.05, 0.1) is 11.7 Å². The van der Waals surface area contributed by atoms with E-state index in [1.807, 2.05) is 20.8 Å². The highest BCUT2D eigenvalue weighted by Gasteiger charge is 2.26. The summed E-state index contributed by atoms with van der Waals surface area (Å²) in [6.07, 6.45) is 1.67. The molecule has 1 saturated heterocycles. The molecule has 1 unspecified atom stereocenters. The molecule has 1 aliphatic heterocycles. The maximum atomic E-state index is 11.7. The van der Waals surface area contributed by atoms with Crippen LogP contribution >= 0.6 is 0 Å². The Labute approximate surface area is 154 Å². The van der Waals surface area contributed by atoms with Crippen LogP contribution in [-0.2, 0) is 11.8 Å². The van der Waals surface area contributed by atoms with Gasteiger partial charge in [-0.1, -0.05) is 0 Å². The molecule has 1 aliphatic rings. The van der Waals surface area contributed by atoms with Gasteiger partial charge in [-0.15, -0.1) is 0 Å². The molecule has 0 aromatic carbocycles. The normalized spacial score (nSPS) is 16.9. The molecule has 1 amide bonds. The zero-order valence-electron chi connectivity index (χ0n) is 16.2. The number of ether oxygens (including phenoxy) is 1. The molecule has 1 aromatic heterocycles. The van der Waals surface area contributed by atoms with Crippen molar-refractivity contribution < 1.29 is 9.53 Å². The largest absolute Gasteiger partial charge is 0.444 e. The van der Waals surface area contributed by atoms with Crippen molar-refractivity contribution in [2.45, 2.75) is 45.3 Å². The van der Waals surface area contributed by atoms with Crippen LogP contribution in [0.25, 0.3) is 0 Å². The second kappa shape index (κ2) is 9.14. The Hall–Kier alpha value is -1.93. The summed E-state index contributed by atoms with van der Waals surface area (Å²) in [5.41, 5.74) is 0.231. The molecule has 1 aromatic rings. The first-order valence-electron chi connectivity index (χ1n) is 9.21. The molecule has 146 valence electrons. The predicted molar refractivity (Wildman–Crippen MR) is 100 cm³/mol. The number of amides is 1. The number of aryl methyl sites for hydroxylation is 1. The number of nitrogens with one attached hydrogen (secondary N) is 3. The predicted octanol–water partition coefficient (Wildman–Crippen LogP) is 0.935. The monoisotopic (exact) mass is 365 g/mol. The van der Waals surface area contributed by atoms with Crippen molar-refractivity contribution in [3.8, 4) is 0 Å². The minimum Gasteiger partial charge on any atom is -0.444 e. The second-order valence-corrected chi connectivity index (χ2v) is 7.67. The Kier molecular flexibility index (Phi) is 7.16. The summed E-state index contributed by atoms with van der Waals surface area (Å²) in [7, 11) is 1.66. The van der Waals surface area contributed by atoms with Crippen molar-refractivity contribution >= 4 is 6.09 Å². The lowest BCUT2D eigenvalue weighted by molar-refractivity contribution is 0.0527. The average Bonchev–Trinajstić information content (AvgIpc) is 2.57. The van der Waals surface area contributed by atoms with Crippen LogP contribution in [0.5, 0.6) is 0 Å². The lowest BCUT2D eigenvalue weighted by atomic mass is 9.88. The number of nitrogens with zero attached hydrogens (tertiary/aromatic N) is 2. The van der Waals surface area contributed by atoms with Gasteiger partial charge in [0.1, 0.15) is 5.60 Å². The van der Waals surface area contributed by atoms with Crippen LogP contribution in [0.1, 0.15) is 45.3 Å². The molecule has 0 radical (unpaired) electrons. The average molecular weight is 365 g/mol. The Morgan fingerprint density at radius 2 is 2.04 bits per heavy atom. The van der Waals surface area contributed by atoms with E-state index in [1.54, 1.807) is 19.2 Å². The van der Waals surface area contributed by atoms with Crippen molar-refractivity contribution in [2.24, 2.45) is 13.0 Å². The Balaban J connectivity index is 1.95. The Morgan fingerprint density at radius 1 is 1.35 bits per heavy atom. The van der Waals surface area contributed by atoms with E-state index in [-0.39, 0.29) is 11.6 Å². The number of carbonyl (C=O) groups is 1. The lowest BCUT2D eigenvalue weighted by Crippen LogP contribution is -2.41. The topological polar surface area (TPSA) is 97.3 Å². The number of piperidine rings is 1. The molecule has 2 rings (SSSR count). The van der Waals surface area contributed by atoms with Crippen molar-refractivity contribution in [1.82, 2.24) is 25.7 Å². The number of carbonyl (C=O) groups excluding carboxylic acids is 1. The standard InChI is InChI=1S/C18H31N5O3/c1-18(2,3)26-17(25)21-12-11-20-16(13-7-9-19-10-8-13)14-5-6-15(24)23(4)22-14/h5-6,13,16,19-20H,7-12H2,1-4H3,(H,21,25). The first-order chi connectivity index (χ1) is 12.3. The summed E-state index contributed by atoms with van der Waals surface area (Å²) >= 11 is 0. The van der Waals surface area contributed by atoms with Gasteiger partial charge in [-0.05, 0) is 58.7 Å². The van der Waals surface area contributed by atoms with E-state index in [9.17, 15) is 9.59 Å². The van der Waals surface area contributed by atoms with Gasteiger partial charge in [-0.25, -0.2) is 9.48 Å². The molecular weight excluding hydrogens is 334 g/mol. The maximum absolute atomic E-state index is 11.7. The third kappa shape index (κ3) is 6.42. The van der Waals surface area contributed by atoms with Gasteiger partial charge in [0.15, 0.2) is 0 Å². The van der Waals surface area contributed by atoms with Gasteiger partial charge in [-0.2, -0.15) is 5.10 Å². The highest BCUT2D eigenvalue weighted by atomic mass is 16.6. The fourth-order valence-electron chi connectivity index (χ4n) is 3.08. The summed E-state index contributed by atoms with van der Waals surface area (Å²) in [5, 5.41) is 14.0. The van der Waals surface area contributed by atoms with Crippen LogP contribution in [0.3, 0.4) is 0 Å². The van der Waals surface area contributed by atoms with Crippen LogP contribution in [0.4, 0.5) is 4.79 Å². The third-order valence-corrected chi connectivity index (χ3v) is 4.31. The van der Waals surface area contributed by atoms with E-state index in [2.05, 4.69) is 21.0 Å². The second-order valence-electron chi connectivity index (χ2n) is 7.67. The smallest absolute Gasteiger partial charge is 0.407 e. The van der Waals surface area contributed by atoms with Crippen LogP contribution in [0.2, 0.25) is 0 Å². The van der Waals surface area contributed by atoms with Gasteiger partial charge in [0.2, 0.25) is 0 Å². The molecule has 0 bridgehead atoms. The van der Waals surface area contributed by atoms with Crippen molar-refractivity contribution in [3.63, 3.8) is 0 Å². The molecule has 1 atom stereocenters. The molecule has 3 N–H and O–H groups in total. The highest BCUT2D eigenvalue weighted by molar-refractivity contribution is 5.67. The van der Waals surface area contributed by atoms with Crippen LogP contribution in [-0.4, -0.2) is 47.7 Å². The minimum absolute atomic E-state index is 0.0457. The van der Waals surface area contributed by atoms with E-state index in [0.717, 1.165) is 31.6 Å².